The van der Waals surface area contributed by atoms with Gasteiger partial charge in [-0.3, -0.25) is 10.1 Å². The van der Waals surface area contributed by atoms with Crippen LogP contribution < -0.4 is 5.32 Å². The van der Waals surface area contributed by atoms with Gasteiger partial charge in [-0.05, 0) is 6.07 Å². The van der Waals surface area contributed by atoms with Crippen LogP contribution >= 0.6 is 0 Å². The predicted octanol–water partition coefficient (Wildman–Crippen LogP) is 1.50. The number of carboxylic acids is 1. The third-order valence-electron chi connectivity index (χ3n) is 2.34. The van der Waals surface area contributed by atoms with E-state index in [1.807, 2.05) is 0 Å². The van der Waals surface area contributed by atoms with Gasteiger partial charge < -0.3 is 15.2 Å². The summed E-state index contributed by atoms with van der Waals surface area (Å²) < 4.78 is 4.80. The van der Waals surface area contributed by atoms with Gasteiger partial charge >= 0.3 is 5.97 Å². The first-order valence-corrected chi connectivity index (χ1v) is 5.28. The Morgan fingerprint density at radius 3 is 2.78 bits per heavy atom. The highest BCUT2D eigenvalue weighted by Crippen LogP contribution is 2.24. The third-order valence-corrected chi connectivity index (χ3v) is 2.34. The molecule has 0 saturated carbocycles. The summed E-state index contributed by atoms with van der Waals surface area (Å²) in [6.45, 7) is 0.255. The normalized spacial score (nSPS) is 11.8. The van der Waals surface area contributed by atoms with Crippen molar-refractivity contribution in [2.75, 3.05) is 19.0 Å². The van der Waals surface area contributed by atoms with Crippen LogP contribution in [0.25, 0.3) is 0 Å². The van der Waals surface area contributed by atoms with Crippen molar-refractivity contribution in [3.8, 4) is 0 Å². The number of methoxy groups -OCH3 is 1. The molecular formula is C11H14N2O5. The Morgan fingerprint density at radius 1 is 1.56 bits per heavy atom. The Hall–Kier alpha value is -2.15. The highest BCUT2D eigenvalue weighted by molar-refractivity contribution is 5.78. The van der Waals surface area contributed by atoms with Crippen LogP contribution in [0.3, 0.4) is 0 Å². The van der Waals surface area contributed by atoms with Gasteiger partial charge in [0.2, 0.25) is 0 Å². The first-order chi connectivity index (χ1) is 8.56. The summed E-state index contributed by atoms with van der Waals surface area (Å²) in [6.07, 6.45) is 0.220. The molecule has 1 rings (SSSR count). The lowest BCUT2D eigenvalue weighted by Crippen LogP contribution is -2.30. The van der Waals surface area contributed by atoms with E-state index in [2.05, 4.69) is 5.32 Å². The summed E-state index contributed by atoms with van der Waals surface area (Å²) in [5, 5.41) is 22.4. The summed E-state index contributed by atoms with van der Waals surface area (Å²) in [7, 11) is 1.46. The molecule has 1 aromatic carbocycles. The van der Waals surface area contributed by atoms with Gasteiger partial charge in [-0.15, -0.1) is 0 Å². The van der Waals surface area contributed by atoms with Crippen LogP contribution in [0.2, 0.25) is 0 Å². The molecule has 18 heavy (non-hydrogen) atoms. The fourth-order valence-electron chi connectivity index (χ4n) is 1.44. The highest BCUT2D eigenvalue weighted by atomic mass is 16.6. The number of rotatable bonds is 7. The molecule has 1 atom stereocenters. The fourth-order valence-corrected chi connectivity index (χ4v) is 1.44. The lowest BCUT2D eigenvalue weighted by atomic mass is 10.2. The number of aliphatic carboxylic acids is 1. The molecule has 0 aliphatic rings. The Morgan fingerprint density at radius 2 is 2.22 bits per heavy atom. The second-order valence-electron chi connectivity index (χ2n) is 3.59. The van der Waals surface area contributed by atoms with E-state index in [0.29, 0.717) is 0 Å². The van der Waals surface area contributed by atoms with E-state index in [4.69, 9.17) is 9.84 Å². The quantitative estimate of drug-likeness (QED) is 0.564. The lowest BCUT2D eigenvalue weighted by molar-refractivity contribution is -0.384. The van der Waals surface area contributed by atoms with Gasteiger partial charge in [0.15, 0.2) is 0 Å². The second kappa shape index (κ2) is 6.55. The van der Waals surface area contributed by atoms with Crippen LogP contribution in [0.5, 0.6) is 0 Å². The molecule has 0 radical (unpaired) electrons. The van der Waals surface area contributed by atoms with E-state index < -0.39 is 16.9 Å². The van der Waals surface area contributed by atoms with Gasteiger partial charge in [-0.1, -0.05) is 12.1 Å². The zero-order chi connectivity index (χ0) is 13.5. The molecule has 0 fully saturated rings. The molecule has 2 N–H and O–H groups in total. The molecule has 0 amide bonds. The number of nitrogens with one attached hydrogen (secondary N) is 1. The number of anilines is 1. The van der Waals surface area contributed by atoms with Crippen molar-refractivity contribution in [1.29, 1.82) is 0 Å². The molecule has 0 bridgehead atoms. The number of hydrogen-bond acceptors (Lipinski definition) is 5. The molecule has 0 aromatic heterocycles. The maximum Gasteiger partial charge on any atom is 0.326 e. The summed E-state index contributed by atoms with van der Waals surface area (Å²) in [5.74, 6) is -1.08. The zero-order valence-corrected chi connectivity index (χ0v) is 9.83. The topological polar surface area (TPSA) is 102 Å². The molecular weight excluding hydrogens is 240 g/mol. The number of benzene rings is 1. The van der Waals surface area contributed by atoms with Gasteiger partial charge in [-0.2, -0.15) is 0 Å². The number of carbonyl (C=O) groups is 1. The molecule has 0 spiro atoms. The summed E-state index contributed by atoms with van der Waals surface area (Å²) in [6, 6.07) is 4.99. The van der Waals surface area contributed by atoms with Gasteiger partial charge in [0.05, 0.1) is 4.92 Å². The number of nitro groups is 1. The van der Waals surface area contributed by atoms with E-state index in [1.54, 1.807) is 6.07 Å². The molecule has 0 saturated heterocycles. The van der Waals surface area contributed by atoms with Crippen molar-refractivity contribution in [3.05, 3.63) is 34.4 Å². The molecule has 7 heteroatoms. The number of carboxylic acid groups (broad SMARTS) is 1. The summed E-state index contributed by atoms with van der Waals surface area (Å²) >= 11 is 0. The van der Waals surface area contributed by atoms with Gasteiger partial charge in [0.1, 0.15) is 11.7 Å². The Bertz CT molecular complexity index is 435. The van der Waals surface area contributed by atoms with Crippen LogP contribution in [0.1, 0.15) is 6.42 Å². The smallest absolute Gasteiger partial charge is 0.326 e. The van der Waals surface area contributed by atoms with Gasteiger partial charge in [0, 0.05) is 26.2 Å². The maximum absolute atomic E-state index is 11.0. The average molecular weight is 254 g/mol. The maximum atomic E-state index is 11.0. The van der Waals surface area contributed by atoms with Crippen molar-refractivity contribution in [3.63, 3.8) is 0 Å². The van der Waals surface area contributed by atoms with Crippen LogP contribution in [-0.2, 0) is 9.53 Å². The van der Waals surface area contributed by atoms with Gasteiger partial charge in [-0.25, -0.2) is 4.79 Å². The summed E-state index contributed by atoms with van der Waals surface area (Å²) in [5.41, 5.74) is 0.0344. The van der Waals surface area contributed by atoms with Crippen molar-refractivity contribution in [2.45, 2.75) is 12.5 Å². The first kappa shape index (κ1) is 13.9. The minimum Gasteiger partial charge on any atom is -0.480 e. The predicted molar refractivity (Wildman–Crippen MR) is 64.6 cm³/mol. The molecule has 0 heterocycles. The SMILES string of the molecule is COCCC(Nc1ccccc1[N+](=O)[O-])C(=O)O. The second-order valence-corrected chi connectivity index (χ2v) is 3.59. The van der Waals surface area contributed by atoms with E-state index in [1.165, 1.54) is 25.3 Å². The van der Waals surface area contributed by atoms with E-state index >= 15 is 0 Å². The van der Waals surface area contributed by atoms with Crippen LogP contribution in [0.15, 0.2) is 24.3 Å². The van der Waals surface area contributed by atoms with Crippen molar-refractivity contribution >= 4 is 17.3 Å². The number of para-hydroxylation sites is 2. The zero-order valence-electron chi connectivity index (χ0n) is 9.83. The van der Waals surface area contributed by atoms with E-state index in [9.17, 15) is 14.9 Å². The van der Waals surface area contributed by atoms with E-state index in [-0.39, 0.29) is 24.4 Å². The Kier molecular flexibility index (Phi) is 5.06. The lowest BCUT2D eigenvalue weighted by Gasteiger charge is -2.15. The standard InChI is InChI=1S/C11H14N2O5/c1-18-7-6-9(11(14)15)12-8-4-2-3-5-10(8)13(16)17/h2-5,9,12H,6-7H2,1H3,(H,14,15). The number of ether oxygens (including phenoxy) is 1. The van der Waals surface area contributed by atoms with Crippen LogP contribution in [-0.4, -0.2) is 35.8 Å². The number of nitro benzene ring substituents is 1. The van der Waals surface area contributed by atoms with Crippen molar-refractivity contribution < 1.29 is 19.6 Å². The minimum absolute atomic E-state index is 0.152. The monoisotopic (exact) mass is 254 g/mol. The molecule has 7 nitrogen and oxygen atoms in total. The number of nitrogens with zero attached hydrogens (tertiary/aromatic N) is 1. The Labute approximate surface area is 104 Å². The minimum atomic E-state index is -1.08. The fraction of sp³-hybridized carbons (Fsp3) is 0.364. The average Bonchev–Trinajstić information content (AvgIpc) is 2.34. The largest absolute Gasteiger partial charge is 0.480 e. The first-order valence-electron chi connectivity index (χ1n) is 5.28. The Balaban J connectivity index is 2.86. The summed E-state index contributed by atoms with van der Waals surface area (Å²) in [4.78, 5) is 21.2. The van der Waals surface area contributed by atoms with Crippen molar-refractivity contribution in [1.82, 2.24) is 0 Å². The molecule has 0 aliphatic carbocycles. The highest BCUT2D eigenvalue weighted by Gasteiger charge is 2.21. The molecule has 0 aliphatic heterocycles. The third kappa shape index (κ3) is 3.70. The van der Waals surface area contributed by atoms with Gasteiger partial charge in [0.25, 0.3) is 5.69 Å². The van der Waals surface area contributed by atoms with Crippen LogP contribution in [0, 0.1) is 10.1 Å². The van der Waals surface area contributed by atoms with Crippen LogP contribution in [0.4, 0.5) is 11.4 Å². The van der Waals surface area contributed by atoms with E-state index in [0.717, 1.165) is 0 Å². The van der Waals surface area contributed by atoms with Crippen molar-refractivity contribution in [2.24, 2.45) is 0 Å². The molecule has 1 unspecified atom stereocenters. The molecule has 98 valence electrons. The molecule has 1 aromatic rings. The number of hydrogen-bond donors (Lipinski definition) is 2.